The van der Waals surface area contributed by atoms with Crippen molar-refractivity contribution in [1.82, 2.24) is 5.32 Å². The first-order valence-corrected chi connectivity index (χ1v) is 9.32. The molecule has 4 nitrogen and oxygen atoms in total. The van der Waals surface area contributed by atoms with Gasteiger partial charge < -0.3 is 10.6 Å². The molecule has 2 amide bonds. The van der Waals surface area contributed by atoms with Gasteiger partial charge in [-0.2, -0.15) is 0 Å². The number of hydrogen-bond acceptors (Lipinski definition) is 3. The average molecular weight is 385 g/mol. The van der Waals surface area contributed by atoms with Gasteiger partial charge in [-0.25, -0.2) is 0 Å². The lowest BCUT2D eigenvalue weighted by Gasteiger charge is -2.18. The highest BCUT2D eigenvalue weighted by Gasteiger charge is 2.22. The molecule has 3 aromatic rings. The highest BCUT2D eigenvalue weighted by Crippen LogP contribution is 2.15. The predicted octanol–water partition coefficient (Wildman–Crippen LogP) is 4.38. The molecule has 1 atom stereocenters. The Morgan fingerprint density at radius 2 is 1.69 bits per heavy atom. The summed E-state index contributed by atoms with van der Waals surface area (Å²) in [6.45, 7) is 0. The van der Waals surface area contributed by atoms with Crippen LogP contribution in [0.3, 0.4) is 0 Å². The molecule has 0 radical (unpaired) electrons. The highest BCUT2D eigenvalue weighted by molar-refractivity contribution is 7.12. The topological polar surface area (TPSA) is 58.2 Å². The maximum atomic E-state index is 12.8. The summed E-state index contributed by atoms with van der Waals surface area (Å²) in [4.78, 5) is 25.7. The molecule has 0 saturated heterocycles. The lowest BCUT2D eigenvalue weighted by atomic mass is 10.0. The van der Waals surface area contributed by atoms with Gasteiger partial charge in [0, 0.05) is 17.1 Å². The largest absolute Gasteiger partial charge is 0.339 e. The van der Waals surface area contributed by atoms with Crippen LogP contribution in [-0.4, -0.2) is 17.9 Å². The molecule has 2 aromatic carbocycles. The van der Waals surface area contributed by atoms with Gasteiger partial charge in [0.25, 0.3) is 5.91 Å². The maximum Gasteiger partial charge on any atom is 0.262 e. The lowest BCUT2D eigenvalue weighted by molar-refractivity contribution is -0.118. The molecular weight excluding hydrogens is 368 g/mol. The van der Waals surface area contributed by atoms with E-state index in [1.807, 2.05) is 35.7 Å². The third-order valence-corrected chi connectivity index (χ3v) is 4.88. The summed E-state index contributed by atoms with van der Waals surface area (Å²) in [6.07, 6.45) is 0.400. The first kappa shape index (κ1) is 18.2. The second kappa shape index (κ2) is 8.65. The van der Waals surface area contributed by atoms with Gasteiger partial charge in [0.15, 0.2) is 0 Å². The minimum absolute atomic E-state index is 0.257. The molecule has 0 fully saturated rings. The molecule has 0 saturated carbocycles. The fraction of sp³-hybridized carbons (Fsp3) is 0.100. The summed E-state index contributed by atoms with van der Waals surface area (Å²) in [5.41, 5.74) is 1.60. The molecule has 0 aliphatic rings. The Bertz CT molecular complexity index is 865. The Labute approximate surface area is 160 Å². The number of amides is 2. The second-order valence-electron chi connectivity index (χ2n) is 5.69. The summed E-state index contributed by atoms with van der Waals surface area (Å²) in [5, 5.41) is 8.08. The molecule has 3 rings (SSSR count). The Hall–Kier alpha value is -2.63. The van der Waals surface area contributed by atoms with E-state index in [4.69, 9.17) is 11.6 Å². The predicted molar refractivity (Wildman–Crippen MR) is 106 cm³/mol. The zero-order chi connectivity index (χ0) is 18.4. The van der Waals surface area contributed by atoms with Crippen LogP contribution in [0.4, 0.5) is 5.69 Å². The van der Waals surface area contributed by atoms with E-state index in [0.717, 1.165) is 5.56 Å². The summed E-state index contributed by atoms with van der Waals surface area (Å²) in [7, 11) is 0. The third kappa shape index (κ3) is 4.94. The summed E-state index contributed by atoms with van der Waals surface area (Å²) < 4.78 is 0. The standard InChI is InChI=1S/C20H17ClN2O2S/c21-15-8-10-16(11-9-15)22-19(24)17(13-14-5-2-1-3-6-14)23-20(25)18-7-4-12-26-18/h1-12,17H,13H2,(H,22,24)(H,23,25). The Balaban J connectivity index is 1.75. The van der Waals surface area contributed by atoms with Crippen LogP contribution in [0.5, 0.6) is 0 Å². The number of rotatable bonds is 6. The van der Waals surface area contributed by atoms with Crippen LogP contribution in [0, 0.1) is 0 Å². The van der Waals surface area contributed by atoms with Crippen LogP contribution < -0.4 is 10.6 Å². The van der Waals surface area contributed by atoms with Crippen molar-refractivity contribution in [2.45, 2.75) is 12.5 Å². The molecular formula is C20H17ClN2O2S. The molecule has 6 heteroatoms. The molecule has 0 spiro atoms. The van der Waals surface area contributed by atoms with Crippen molar-refractivity contribution in [1.29, 1.82) is 0 Å². The Morgan fingerprint density at radius 3 is 2.35 bits per heavy atom. The monoisotopic (exact) mass is 384 g/mol. The lowest BCUT2D eigenvalue weighted by Crippen LogP contribution is -2.45. The number of hydrogen-bond donors (Lipinski definition) is 2. The van der Waals surface area contributed by atoms with Crippen molar-refractivity contribution in [3.05, 3.63) is 87.6 Å². The molecule has 0 aliphatic heterocycles. The van der Waals surface area contributed by atoms with E-state index in [2.05, 4.69) is 10.6 Å². The van der Waals surface area contributed by atoms with Crippen molar-refractivity contribution >= 4 is 40.4 Å². The fourth-order valence-corrected chi connectivity index (χ4v) is 3.21. The Kier molecular flexibility index (Phi) is 6.04. The van der Waals surface area contributed by atoms with Crippen molar-refractivity contribution < 1.29 is 9.59 Å². The summed E-state index contributed by atoms with van der Waals surface area (Å²) in [6, 6.07) is 19.3. The minimum atomic E-state index is -0.692. The molecule has 132 valence electrons. The van der Waals surface area contributed by atoms with Crippen LogP contribution in [0.15, 0.2) is 72.1 Å². The number of halogens is 1. The van der Waals surface area contributed by atoms with E-state index < -0.39 is 6.04 Å². The highest BCUT2D eigenvalue weighted by atomic mass is 35.5. The van der Waals surface area contributed by atoms with Gasteiger partial charge in [0.2, 0.25) is 5.91 Å². The number of thiophene rings is 1. The van der Waals surface area contributed by atoms with E-state index in [-0.39, 0.29) is 11.8 Å². The molecule has 26 heavy (non-hydrogen) atoms. The van der Waals surface area contributed by atoms with Crippen molar-refractivity contribution in [3.63, 3.8) is 0 Å². The number of carbonyl (C=O) groups is 2. The summed E-state index contributed by atoms with van der Waals surface area (Å²) in [5.74, 6) is -0.534. The second-order valence-corrected chi connectivity index (χ2v) is 7.07. The maximum absolute atomic E-state index is 12.8. The van der Waals surface area contributed by atoms with Crippen molar-refractivity contribution in [3.8, 4) is 0 Å². The average Bonchev–Trinajstić information content (AvgIpc) is 3.19. The number of benzene rings is 2. The molecule has 1 aromatic heterocycles. The zero-order valence-electron chi connectivity index (χ0n) is 13.8. The van der Waals surface area contributed by atoms with Gasteiger partial charge in [-0.1, -0.05) is 48.0 Å². The number of carbonyl (C=O) groups excluding carboxylic acids is 2. The van der Waals surface area contributed by atoms with Crippen LogP contribution in [0.1, 0.15) is 15.2 Å². The quantitative estimate of drug-likeness (QED) is 0.662. The van der Waals surface area contributed by atoms with Gasteiger partial charge in [-0.15, -0.1) is 11.3 Å². The first-order chi connectivity index (χ1) is 12.6. The minimum Gasteiger partial charge on any atom is -0.339 e. The number of nitrogens with one attached hydrogen (secondary N) is 2. The molecule has 0 aliphatic carbocycles. The van der Waals surface area contributed by atoms with E-state index >= 15 is 0 Å². The van der Waals surface area contributed by atoms with Crippen molar-refractivity contribution in [2.24, 2.45) is 0 Å². The fourth-order valence-electron chi connectivity index (χ4n) is 2.46. The van der Waals surface area contributed by atoms with E-state index in [0.29, 0.717) is 22.0 Å². The van der Waals surface area contributed by atoms with Gasteiger partial charge in [0.05, 0.1) is 4.88 Å². The van der Waals surface area contributed by atoms with E-state index in [9.17, 15) is 9.59 Å². The first-order valence-electron chi connectivity index (χ1n) is 8.06. The van der Waals surface area contributed by atoms with Crippen LogP contribution >= 0.6 is 22.9 Å². The Morgan fingerprint density at radius 1 is 0.962 bits per heavy atom. The number of anilines is 1. The smallest absolute Gasteiger partial charge is 0.262 e. The van der Waals surface area contributed by atoms with Gasteiger partial charge >= 0.3 is 0 Å². The molecule has 1 unspecified atom stereocenters. The van der Waals surface area contributed by atoms with Gasteiger partial charge in [0.1, 0.15) is 6.04 Å². The van der Waals surface area contributed by atoms with Gasteiger partial charge in [-0.05, 0) is 41.3 Å². The van der Waals surface area contributed by atoms with Crippen LogP contribution in [0.2, 0.25) is 5.02 Å². The molecule has 0 bridgehead atoms. The van der Waals surface area contributed by atoms with Gasteiger partial charge in [-0.3, -0.25) is 9.59 Å². The third-order valence-electron chi connectivity index (χ3n) is 3.76. The summed E-state index contributed by atoms with van der Waals surface area (Å²) >= 11 is 7.21. The van der Waals surface area contributed by atoms with E-state index in [1.165, 1.54) is 11.3 Å². The van der Waals surface area contributed by atoms with Crippen molar-refractivity contribution in [2.75, 3.05) is 5.32 Å². The van der Waals surface area contributed by atoms with E-state index in [1.54, 1.807) is 36.4 Å². The molecule has 2 N–H and O–H groups in total. The zero-order valence-corrected chi connectivity index (χ0v) is 15.4. The molecule has 1 heterocycles. The van der Waals surface area contributed by atoms with Crippen LogP contribution in [0.25, 0.3) is 0 Å². The normalized spacial score (nSPS) is 11.6. The van der Waals surface area contributed by atoms with Crippen LogP contribution in [-0.2, 0) is 11.2 Å². The SMILES string of the molecule is O=C(NC(Cc1ccccc1)C(=O)Nc1ccc(Cl)cc1)c1cccs1.